The second-order valence-electron chi connectivity index (χ2n) is 6.86. The van der Waals surface area contributed by atoms with Crippen LogP contribution in [0.2, 0.25) is 0 Å². The van der Waals surface area contributed by atoms with Crippen LogP contribution in [0, 0.1) is 12.8 Å². The van der Waals surface area contributed by atoms with Gasteiger partial charge in [0.2, 0.25) is 5.91 Å². The first-order valence-electron chi connectivity index (χ1n) is 9.13. The van der Waals surface area contributed by atoms with Gasteiger partial charge in [-0.25, -0.2) is 4.98 Å². The number of hydrogen-bond acceptors (Lipinski definition) is 5. The van der Waals surface area contributed by atoms with Crippen LogP contribution < -0.4 is 4.90 Å². The van der Waals surface area contributed by atoms with E-state index in [1.807, 2.05) is 66.9 Å². The largest absolute Gasteiger partial charge is 0.459 e. The topological polar surface area (TPSA) is 59.5 Å². The molecule has 0 bridgehead atoms. The molecule has 1 aliphatic rings. The fourth-order valence-corrected chi connectivity index (χ4v) is 4.00. The van der Waals surface area contributed by atoms with Crippen molar-refractivity contribution in [1.82, 2.24) is 4.98 Å². The first-order valence-corrected chi connectivity index (χ1v) is 10.0. The molecule has 4 rings (SSSR count). The lowest BCUT2D eigenvalue weighted by Gasteiger charge is -2.16. The molecule has 0 radical (unpaired) electrons. The van der Waals surface area contributed by atoms with Gasteiger partial charge < -0.3 is 9.64 Å². The summed E-state index contributed by atoms with van der Waals surface area (Å²) >= 11 is 1.52. The lowest BCUT2D eigenvalue weighted by Crippen LogP contribution is -2.26. The number of benzene rings is 2. The SMILES string of the molecule is Cc1ccc(N2C[C@@H](C(=O)OCc3csc(-c4ccccc4)n3)CC2=O)cc1. The number of esters is 1. The van der Waals surface area contributed by atoms with Crippen molar-refractivity contribution in [3.8, 4) is 10.6 Å². The van der Waals surface area contributed by atoms with E-state index in [9.17, 15) is 9.59 Å². The summed E-state index contributed by atoms with van der Waals surface area (Å²) in [5, 5.41) is 2.79. The van der Waals surface area contributed by atoms with Crippen LogP contribution in [0.3, 0.4) is 0 Å². The van der Waals surface area contributed by atoms with Crippen LogP contribution >= 0.6 is 11.3 Å². The highest BCUT2D eigenvalue weighted by Gasteiger charge is 2.36. The van der Waals surface area contributed by atoms with Crippen molar-refractivity contribution < 1.29 is 14.3 Å². The van der Waals surface area contributed by atoms with Gasteiger partial charge in [-0.2, -0.15) is 0 Å². The van der Waals surface area contributed by atoms with Crippen LogP contribution in [-0.2, 0) is 20.9 Å². The summed E-state index contributed by atoms with van der Waals surface area (Å²) < 4.78 is 5.44. The third kappa shape index (κ3) is 3.97. The molecule has 1 aromatic heterocycles. The second-order valence-corrected chi connectivity index (χ2v) is 7.72. The minimum Gasteiger partial charge on any atom is -0.459 e. The molecule has 0 aliphatic carbocycles. The van der Waals surface area contributed by atoms with Gasteiger partial charge in [0.05, 0.1) is 11.6 Å². The molecule has 0 saturated carbocycles. The number of aromatic nitrogens is 1. The molecule has 28 heavy (non-hydrogen) atoms. The van der Waals surface area contributed by atoms with Crippen LogP contribution in [0.5, 0.6) is 0 Å². The van der Waals surface area contributed by atoms with E-state index in [1.54, 1.807) is 4.90 Å². The van der Waals surface area contributed by atoms with Crippen LogP contribution in [-0.4, -0.2) is 23.4 Å². The fourth-order valence-electron chi connectivity index (χ4n) is 3.19. The van der Waals surface area contributed by atoms with E-state index in [-0.39, 0.29) is 24.9 Å². The fraction of sp³-hybridized carbons (Fsp3) is 0.227. The smallest absolute Gasteiger partial charge is 0.311 e. The third-order valence-corrected chi connectivity index (χ3v) is 5.68. The van der Waals surface area contributed by atoms with Gasteiger partial charge in [-0.15, -0.1) is 11.3 Å². The van der Waals surface area contributed by atoms with E-state index in [0.717, 1.165) is 27.5 Å². The molecule has 1 atom stereocenters. The molecule has 142 valence electrons. The van der Waals surface area contributed by atoms with E-state index >= 15 is 0 Å². The number of nitrogens with zero attached hydrogens (tertiary/aromatic N) is 2. The van der Waals surface area contributed by atoms with Crippen LogP contribution in [0.15, 0.2) is 60.0 Å². The molecule has 1 amide bonds. The minimum atomic E-state index is -0.443. The van der Waals surface area contributed by atoms with Crippen molar-refractivity contribution in [2.45, 2.75) is 20.0 Å². The van der Waals surface area contributed by atoms with E-state index in [1.165, 1.54) is 11.3 Å². The number of hydrogen-bond donors (Lipinski definition) is 0. The molecule has 0 spiro atoms. The molecular formula is C22H20N2O3S. The summed E-state index contributed by atoms with van der Waals surface area (Å²) in [6.45, 7) is 2.47. The number of thiazole rings is 1. The van der Waals surface area contributed by atoms with Crippen LogP contribution in [0.25, 0.3) is 10.6 Å². The Balaban J connectivity index is 1.35. The molecule has 6 heteroatoms. The van der Waals surface area contributed by atoms with Crippen molar-refractivity contribution in [3.05, 3.63) is 71.2 Å². The Kier molecular flexibility index (Phi) is 5.21. The molecule has 3 aromatic rings. The molecule has 0 N–H and O–H groups in total. The van der Waals surface area contributed by atoms with E-state index < -0.39 is 5.92 Å². The zero-order chi connectivity index (χ0) is 19.5. The van der Waals surface area contributed by atoms with Crippen LogP contribution in [0.1, 0.15) is 17.7 Å². The number of ether oxygens (including phenoxy) is 1. The lowest BCUT2D eigenvalue weighted by atomic mass is 10.1. The Hall–Kier alpha value is -2.99. The maximum absolute atomic E-state index is 12.4. The van der Waals surface area contributed by atoms with Gasteiger partial charge in [0.1, 0.15) is 11.6 Å². The highest BCUT2D eigenvalue weighted by Crippen LogP contribution is 2.27. The van der Waals surface area contributed by atoms with E-state index in [0.29, 0.717) is 6.54 Å². The van der Waals surface area contributed by atoms with Crippen molar-refractivity contribution in [2.24, 2.45) is 5.92 Å². The summed E-state index contributed by atoms with van der Waals surface area (Å²) in [4.78, 5) is 30.9. The molecule has 0 unspecified atom stereocenters. The van der Waals surface area contributed by atoms with Crippen LogP contribution in [0.4, 0.5) is 5.69 Å². The Bertz CT molecular complexity index is 983. The Morgan fingerprint density at radius 3 is 2.68 bits per heavy atom. The van der Waals surface area contributed by atoms with Gasteiger partial charge in [0.25, 0.3) is 0 Å². The highest BCUT2D eigenvalue weighted by molar-refractivity contribution is 7.13. The Morgan fingerprint density at radius 1 is 1.18 bits per heavy atom. The summed E-state index contributed by atoms with van der Waals surface area (Å²) in [5.41, 5.74) is 3.71. The molecule has 1 saturated heterocycles. The first-order chi connectivity index (χ1) is 13.6. The molecular weight excluding hydrogens is 372 g/mol. The lowest BCUT2D eigenvalue weighted by molar-refractivity contribution is -0.149. The quantitative estimate of drug-likeness (QED) is 0.610. The van der Waals surface area contributed by atoms with Gasteiger partial charge in [0.15, 0.2) is 0 Å². The normalized spacial score (nSPS) is 16.4. The van der Waals surface area contributed by atoms with E-state index in [2.05, 4.69) is 4.98 Å². The van der Waals surface area contributed by atoms with Gasteiger partial charge >= 0.3 is 5.97 Å². The summed E-state index contributed by atoms with van der Waals surface area (Å²) in [6, 6.07) is 17.6. The van der Waals surface area contributed by atoms with Gasteiger partial charge in [-0.3, -0.25) is 9.59 Å². The standard InChI is InChI=1S/C22H20N2O3S/c1-15-7-9-19(10-8-15)24-12-17(11-20(24)25)22(26)27-13-18-14-28-21(23-18)16-5-3-2-4-6-16/h2-10,14,17H,11-13H2,1H3/t17-/m0/s1. The summed E-state index contributed by atoms with van der Waals surface area (Å²) in [7, 11) is 0. The average molecular weight is 392 g/mol. The average Bonchev–Trinajstić information content (AvgIpc) is 3.34. The van der Waals surface area contributed by atoms with E-state index in [4.69, 9.17) is 4.74 Å². The highest BCUT2D eigenvalue weighted by atomic mass is 32.1. The number of carbonyl (C=O) groups is 2. The maximum Gasteiger partial charge on any atom is 0.311 e. The Labute approximate surface area is 167 Å². The molecule has 2 heterocycles. The second kappa shape index (κ2) is 7.94. The number of carbonyl (C=O) groups excluding carboxylic acids is 2. The van der Waals surface area contributed by atoms with Gasteiger partial charge in [-0.1, -0.05) is 48.0 Å². The molecule has 1 aliphatic heterocycles. The summed E-state index contributed by atoms with van der Waals surface area (Å²) in [5.74, 6) is -0.843. The zero-order valence-corrected chi connectivity index (χ0v) is 16.3. The first kappa shape index (κ1) is 18.4. The monoisotopic (exact) mass is 392 g/mol. The molecule has 5 nitrogen and oxygen atoms in total. The predicted octanol–water partition coefficient (Wildman–Crippen LogP) is 4.21. The third-order valence-electron chi connectivity index (χ3n) is 4.74. The van der Waals surface area contributed by atoms with Crippen molar-refractivity contribution in [3.63, 3.8) is 0 Å². The summed E-state index contributed by atoms with van der Waals surface area (Å²) in [6.07, 6.45) is 0.180. The van der Waals surface area contributed by atoms with Gasteiger partial charge in [-0.05, 0) is 19.1 Å². The number of amides is 1. The maximum atomic E-state index is 12.4. The number of anilines is 1. The number of rotatable bonds is 5. The van der Waals surface area contributed by atoms with Crippen molar-refractivity contribution >= 4 is 28.9 Å². The Morgan fingerprint density at radius 2 is 1.93 bits per heavy atom. The van der Waals surface area contributed by atoms with Crippen molar-refractivity contribution in [2.75, 3.05) is 11.4 Å². The zero-order valence-electron chi connectivity index (χ0n) is 15.5. The van der Waals surface area contributed by atoms with Crippen molar-refractivity contribution in [1.29, 1.82) is 0 Å². The molecule has 2 aromatic carbocycles. The van der Waals surface area contributed by atoms with Gasteiger partial charge in [0, 0.05) is 29.6 Å². The number of aryl methyl sites for hydroxylation is 1. The molecule has 1 fully saturated rings. The predicted molar refractivity (Wildman–Crippen MR) is 109 cm³/mol. The minimum absolute atomic E-state index is 0.0502.